The molecule has 9 heteroatoms. The van der Waals surface area contributed by atoms with Crippen LogP contribution in [-0.4, -0.2) is 66.3 Å². The second-order valence-corrected chi connectivity index (χ2v) is 6.21. The Hall–Kier alpha value is -2.16. The SMILES string of the molecule is O=C(c1c(F)cccc1F)N1CCN(C(=O)C2CC(F)(F)CN2)CC1. The van der Waals surface area contributed by atoms with Gasteiger partial charge < -0.3 is 9.80 Å². The van der Waals surface area contributed by atoms with Crippen molar-refractivity contribution < 1.29 is 27.2 Å². The average molecular weight is 359 g/mol. The first-order chi connectivity index (χ1) is 11.8. The molecule has 0 spiro atoms. The van der Waals surface area contributed by atoms with Crippen LogP contribution in [0.5, 0.6) is 0 Å². The van der Waals surface area contributed by atoms with Gasteiger partial charge in [-0.1, -0.05) is 6.07 Å². The lowest BCUT2D eigenvalue weighted by Gasteiger charge is -2.36. The number of halogens is 4. The van der Waals surface area contributed by atoms with Gasteiger partial charge in [0.2, 0.25) is 5.91 Å². The fraction of sp³-hybridized carbons (Fsp3) is 0.500. The van der Waals surface area contributed by atoms with E-state index in [1.165, 1.54) is 15.9 Å². The van der Waals surface area contributed by atoms with Gasteiger partial charge in [-0.3, -0.25) is 14.9 Å². The number of piperazine rings is 1. The van der Waals surface area contributed by atoms with Crippen molar-refractivity contribution in [2.24, 2.45) is 0 Å². The summed E-state index contributed by atoms with van der Waals surface area (Å²) in [5, 5.41) is 2.50. The highest BCUT2D eigenvalue weighted by Gasteiger charge is 2.44. The number of benzene rings is 1. The maximum absolute atomic E-state index is 13.7. The summed E-state index contributed by atoms with van der Waals surface area (Å²) >= 11 is 0. The van der Waals surface area contributed by atoms with Gasteiger partial charge in [-0.15, -0.1) is 0 Å². The molecule has 2 heterocycles. The predicted molar refractivity (Wildman–Crippen MR) is 80.2 cm³/mol. The molecule has 1 aromatic rings. The van der Waals surface area contributed by atoms with Gasteiger partial charge in [0.1, 0.15) is 17.2 Å². The molecule has 25 heavy (non-hydrogen) atoms. The Kier molecular flexibility index (Phi) is 4.68. The largest absolute Gasteiger partial charge is 0.338 e. The number of carbonyl (C=O) groups excluding carboxylic acids is 2. The van der Waals surface area contributed by atoms with Crippen molar-refractivity contribution in [3.8, 4) is 0 Å². The van der Waals surface area contributed by atoms with E-state index in [4.69, 9.17) is 0 Å². The summed E-state index contributed by atoms with van der Waals surface area (Å²) in [5.41, 5.74) is -0.626. The zero-order valence-electron chi connectivity index (χ0n) is 13.3. The van der Waals surface area contributed by atoms with E-state index < -0.39 is 53.9 Å². The molecule has 5 nitrogen and oxygen atoms in total. The lowest BCUT2D eigenvalue weighted by molar-refractivity contribution is -0.135. The van der Waals surface area contributed by atoms with E-state index in [2.05, 4.69) is 5.32 Å². The molecule has 2 fully saturated rings. The van der Waals surface area contributed by atoms with Crippen molar-refractivity contribution >= 4 is 11.8 Å². The lowest BCUT2D eigenvalue weighted by atomic mass is 10.1. The van der Waals surface area contributed by atoms with Gasteiger partial charge in [-0.2, -0.15) is 0 Å². The quantitative estimate of drug-likeness (QED) is 0.809. The number of nitrogens with zero attached hydrogens (tertiary/aromatic N) is 2. The average Bonchev–Trinajstić information content (AvgIpc) is 2.94. The molecule has 1 N–H and O–H groups in total. The summed E-state index contributed by atoms with van der Waals surface area (Å²) in [7, 11) is 0. The van der Waals surface area contributed by atoms with Crippen LogP contribution in [-0.2, 0) is 4.79 Å². The minimum atomic E-state index is -2.90. The Balaban J connectivity index is 1.60. The zero-order valence-corrected chi connectivity index (χ0v) is 13.3. The van der Waals surface area contributed by atoms with Crippen molar-refractivity contribution in [2.45, 2.75) is 18.4 Å². The third-order valence-electron chi connectivity index (χ3n) is 4.46. The Labute approximate surface area is 141 Å². The smallest absolute Gasteiger partial charge is 0.262 e. The summed E-state index contributed by atoms with van der Waals surface area (Å²) < 4.78 is 53.8. The normalized spacial score (nSPS) is 23.0. The third-order valence-corrected chi connectivity index (χ3v) is 4.46. The molecule has 0 bridgehead atoms. The minimum Gasteiger partial charge on any atom is -0.338 e. The van der Waals surface area contributed by atoms with E-state index in [0.29, 0.717) is 0 Å². The molecular formula is C16H17F4N3O2. The summed E-state index contributed by atoms with van der Waals surface area (Å²) in [6.07, 6.45) is -0.550. The van der Waals surface area contributed by atoms with E-state index in [0.717, 1.165) is 12.1 Å². The van der Waals surface area contributed by atoms with Crippen LogP contribution in [0.15, 0.2) is 18.2 Å². The van der Waals surface area contributed by atoms with Crippen LogP contribution in [0.25, 0.3) is 0 Å². The fourth-order valence-corrected chi connectivity index (χ4v) is 3.10. The molecule has 136 valence electrons. The Morgan fingerprint density at radius 1 is 1.04 bits per heavy atom. The van der Waals surface area contributed by atoms with Crippen molar-refractivity contribution in [3.63, 3.8) is 0 Å². The first-order valence-corrected chi connectivity index (χ1v) is 7.92. The summed E-state index contributed by atoms with van der Waals surface area (Å²) in [4.78, 5) is 27.2. The van der Waals surface area contributed by atoms with Crippen molar-refractivity contribution in [2.75, 3.05) is 32.7 Å². The molecule has 2 amide bonds. The second-order valence-electron chi connectivity index (χ2n) is 6.21. The standard InChI is InChI=1S/C16H17F4N3O2/c17-10-2-1-3-11(18)13(10)15(25)23-6-4-22(5-7-23)14(24)12-8-16(19,20)9-21-12/h1-3,12,21H,4-9H2. The molecule has 1 unspecified atom stereocenters. The number of amides is 2. The number of hydrogen-bond donors (Lipinski definition) is 1. The van der Waals surface area contributed by atoms with Gasteiger partial charge in [0.25, 0.3) is 11.8 Å². The van der Waals surface area contributed by atoms with E-state index in [1.54, 1.807) is 0 Å². The van der Waals surface area contributed by atoms with Gasteiger partial charge in [0.15, 0.2) is 0 Å². The van der Waals surface area contributed by atoms with Crippen LogP contribution >= 0.6 is 0 Å². The molecule has 2 saturated heterocycles. The van der Waals surface area contributed by atoms with Crippen LogP contribution in [0.4, 0.5) is 17.6 Å². The monoisotopic (exact) mass is 359 g/mol. The fourth-order valence-electron chi connectivity index (χ4n) is 3.10. The first-order valence-electron chi connectivity index (χ1n) is 7.92. The van der Waals surface area contributed by atoms with E-state index in [1.807, 2.05) is 0 Å². The van der Waals surface area contributed by atoms with Gasteiger partial charge >= 0.3 is 0 Å². The minimum absolute atomic E-state index is 0.0848. The van der Waals surface area contributed by atoms with Gasteiger partial charge in [-0.25, -0.2) is 17.6 Å². The van der Waals surface area contributed by atoms with Gasteiger partial charge in [0, 0.05) is 32.6 Å². The van der Waals surface area contributed by atoms with Gasteiger partial charge in [-0.05, 0) is 12.1 Å². The second kappa shape index (κ2) is 6.62. The Morgan fingerprint density at radius 2 is 1.60 bits per heavy atom. The number of alkyl halides is 2. The highest BCUT2D eigenvalue weighted by Crippen LogP contribution is 2.26. The molecule has 0 saturated carbocycles. The van der Waals surface area contributed by atoms with Gasteiger partial charge in [0.05, 0.1) is 12.6 Å². The molecule has 2 aliphatic rings. The van der Waals surface area contributed by atoms with E-state index >= 15 is 0 Å². The summed E-state index contributed by atoms with van der Waals surface area (Å²) in [5.74, 6) is -6.02. The summed E-state index contributed by atoms with van der Waals surface area (Å²) in [6, 6.07) is 2.23. The highest BCUT2D eigenvalue weighted by atomic mass is 19.3. The van der Waals surface area contributed by atoms with Crippen LogP contribution in [0.2, 0.25) is 0 Å². The molecule has 1 aromatic carbocycles. The van der Waals surface area contributed by atoms with Crippen molar-refractivity contribution in [3.05, 3.63) is 35.4 Å². The number of nitrogens with one attached hydrogen (secondary N) is 1. The lowest BCUT2D eigenvalue weighted by Crippen LogP contribution is -2.54. The van der Waals surface area contributed by atoms with Crippen LogP contribution in [0, 0.1) is 11.6 Å². The molecule has 2 aliphatic heterocycles. The maximum Gasteiger partial charge on any atom is 0.262 e. The first kappa shape index (κ1) is 17.7. The number of hydrogen-bond acceptors (Lipinski definition) is 3. The Morgan fingerprint density at radius 3 is 2.12 bits per heavy atom. The number of rotatable bonds is 2. The molecule has 0 aromatic heterocycles. The number of carbonyl (C=O) groups is 2. The van der Waals surface area contributed by atoms with Crippen molar-refractivity contribution in [1.82, 2.24) is 15.1 Å². The highest BCUT2D eigenvalue weighted by molar-refractivity contribution is 5.95. The van der Waals surface area contributed by atoms with Crippen LogP contribution in [0.3, 0.4) is 0 Å². The molecule has 0 radical (unpaired) electrons. The predicted octanol–water partition coefficient (Wildman–Crippen LogP) is 1.25. The molecular weight excluding hydrogens is 342 g/mol. The zero-order chi connectivity index (χ0) is 18.2. The van der Waals surface area contributed by atoms with Crippen molar-refractivity contribution in [1.29, 1.82) is 0 Å². The summed E-state index contributed by atoms with van der Waals surface area (Å²) in [6.45, 7) is -0.105. The molecule has 3 rings (SSSR count). The molecule has 0 aliphatic carbocycles. The Bertz CT molecular complexity index is 670. The molecule has 1 atom stereocenters. The van der Waals surface area contributed by atoms with E-state index in [-0.39, 0.29) is 26.2 Å². The van der Waals surface area contributed by atoms with Crippen LogP contribution in [0.1, 0.15) is 16.8 Å². The third kappa shape index (κ3) is 3.60. The van der Waals surface area contributed by atoms with Crippen LogP contribution < -0.4 is 5.32 Å². The topological polar surface area (TPSA) is 52.7 Å². The maximum atomic E-state index is 13.7. The van der Waals surface area contributed by atoms with E-state index in [9.17, 15) is 27.2 Å².